The van der Waals surface area contributed by atoms with Crippen LogP contribution in [0.3, 0.4) is 0 Å². The Morgan fingerprint density at radius 2 is 1.31 bits per heavy atom. The standard InChI is InChI=1S/C27H44O2/c1-2-3-4-5-6-7-8-9-10-11-12-13-14-15-16-17-18-25-19-21-26(22-20-25)28-23-27-24-29-27/h17-22,27H,2-16,23-24H2,1H3/b18-17+. The molecule has 0 aromatic heterocycles. The highest BCUT2D eigenvalue weighted by atomic mass is 16.6. The van der Waals surface area contributed by atoms with Gasteiger partial charge in [0.15, 0.2) is 0 Å². The van der Waals surface area contributed by atoms with Crippen LogP contribution in [0.5, 0.6) is 5.75 Å². The van der Waals surface area contributed by atoms with Crippen LogP contribution in [0.2, 0.25) is 0 Å². The SMILES string of the molecule is CCCCCCCCCCCCCCCC/C=C/c1ccc(OCC2CO2)cc1. The van der Waals surface area contributed by atoms with Crippen molar-refractivity contribution < 1.29 is 9.47 Å². The maximum Gasteiger partial charge on any atom is 0.119 e. The number of epoxide rings is 1. The van der Waals surface area contributed by atoms with E-state index in [1.54, 1.807) is 0 Å². The summed E-state index contributed by atoms with van der Waals surface area (Å²) >= 11 is 0. The van der Waals surface area contributed by atoms with Crippen molar-refractivity contribution in [3.8, 4) is 5.75 Å². The van der Waals surface area contributed by atoms with Gasteiger partial charge in [-0.3, -0.25) is 0 Å². The van der Waals surface area contributed by atoms with E-state index >= 15 is 0 Å². The number of rotatable bonds is 19. The lowest BCUT2D eigenvalue weighted by molar-refractivity contribution is 0.263. The summed E-state index contributed by atoms with van der Waals surface area (Å²) in [6.07, 6.45) is 26.0. The predicted octanol–water partition coefficient (Wildman–Crippen LogP) is 8.35. The number of allylic oxidation sites excluding steroid dienone is 1. The van der Waals surface area contributed by atoms with Crippen LogP contribution in [0.4, 0.5) is 0 Å². The van der Waals surface area contributed by atoms with E-state index in [0.29, 0.717) is 12.7 Å². The molecule has 0 amide bonds. The van der Waals surface area contributed by atoms with Crippen molar-refractivity contribution in [1.82, 2.24) is 0 Å². The van der Waals surface area contributed by atoms with Crippen LogP contribution in [0, 0.1) is 0 Å². The Hall–Kier alpha value is -1.28. The molecule has 1 aliphatic rings. The van der Waals surface area contributed by atoms with Gasteiger partial charge in [-0.25, -0.2) is 0 Å². The number of ether oxygens (including phenoxy) is 2. The molecule has 0 saturated carbocycles. The van der Waals surface area contributed by atoms with Crippen LogP contribution in [0.15, 0.2) is 30.3 Å². The average Bonchev–Trinajstić information content (AvgIpc) is 3.57. The molecule has 1 atom stereocenters. The highest BCUT2D eigenvalue weighted by molar-refractivity contribution is 5.50. The largest absolute Gasteiger partial charge is 0.491 e. The van der Waals surface area contributed by atoms with Gasteiger partial charge in [-0.1, -0.05) is 115 Å². The first-order valence-electron chi connectivity index (χ1n) is 12.4. The Balaban J connectivity index is 1.34. The van der Waals surface area contributed by atoms with Gasteiger partial charge in [0.25, 0.3) is 0 Å². The van der Waals surface area contributed by atoms with Crippen LogP contribution >= 0.6 is 0 Å². The van der Waals surface area contributed by atoms with Crippen molar-refractivity contribution in [3.05, 3.63) is 35.9 Å². The third-order valence-corrected chi connectivity index (χ3v) is 5.75. The molecule has 0 radical (unpaired) electrons. The maximum atomic E-state index is 5.67. The molecule has 1 aromatic rings. The maximum absolute atomic E-state index is 5.67. The monoisotopic (exact) mass is 400 g/mol. The zero-order valence-electron chi connectivity index (χ0n) is 18.9. The highest BCUT2D eigenvalue weighted by Crippen LogP contribution is 2.17. The first kappa shape index (κ1) is 24.0. The summed E-state index contributed by atoms with van der Waals surface area (Å²) in [6, 6.07) is 8.36. The van der Waals surface area contributed by atoms with E-state index in [1.165, 1.54) is 102 Å². The smallest absolute Gasteiger partial charge is 0.119 e. The molecule has 0 N–H and O–H groups in total. The first-order valence-corrected chi connectivity index (χ1v) is 12.4. The van der Waals surface area contributed by atoms with E-state index in [9.17, 15) is 0 Å². The van der Waals surface area contributed by atoms with E-state index in [-0.39, 0.29) is 0 Å². The minimum absolute atomic E-state index is 0.319. The van der Waals surface area contributed by atoms with Crippen LogP contribution in [0.25, 0.3) is 6.08 Å². The second-order valence-corrected chi connectivity index (χ2v) is 8.62. The second kappa shape index (κ2) is 16.5. The molecule has 1 fully saturated rings. The quantitative estimate of drug-likeness (QED) is 0.172. The molecule has 1 aliphatic heterocycles. The summed E-state index contributed by atoms with van der Waals surface area (Å²) in [5.41, 5.74) is 1.25. The van der Waals surface area contributed by atoms with Gasteiger partial charge >= 0.3 is 0 Å². The highest BCUT2D eigenvalue weighted by Gasteiger charge is 2.22. The van der Waals surface area contributed by atoms with E-state index in [2.05, 4.69) is 43.3 Å². The van der Waals surface area contributed by atoms with Gasteiger partial charge in [0.05, 0.1) is 6.61 Å². The third kappa shape index (κ3) is 13.5. The molecule has 0 aliphatic carbocycles. The second-order valence-electron chi connectivity index (χ2n) is 8.62. The molecule has 0 spiro atoms. The molecular weight excluding hydrogens is 356 g/mol. The minimum atomic E-state index is 0.319. The fraction of sp³-hybridized carbons (Fsp3) is 0.704. The fourth-order valence-corrected chi connectivity index (χ4v) is 3.70. The predicted molar refractivity (Wildman–Crippen MR) is 126 cm³/mol. The van der Waals surface area contributed by atoms with Gasteiger partial charge in [0.2, 0.25) is 0 Å². The van der Waals surface area contributed by atoms with E-state index in [4.69, 9.17) is 9.47 Å². The zero-order chi connectivity index (χ0) is 20.4. The molecule has 1 aromatic carbocycles. The first-order chi connectivity index (χ1) is 14.4. The lowest BCUT2D eigenvalue weighted by Crippen LogP contribution is -2.03. The molecule has 1 heterocycles. The van der Waals surface area contributed by atoms with Gasteiger partial charge in [0, 0.05) is 0 Å². The van der Waals surface area contributed by atoms with Crippen LogP contribution in [-0.4, -0.2) is 19.3 Å². The summed E-state index contributed by atoms with van der Waals surface area (Å²) in [5, 5.41) is 0. The Bertz CT molecular complexity index is 516. The molecule has 2 heteroatoms. The molecule has 1 saturated heterocycles. The van der Waals surface area contributed by atoms with E-state index in [0.717, 1.165) is 12.4 Å². The molecular formula is C27H44O2. The minimum Gasteiger partial charge on any atom is -0.491 e. The summed E-state index contributed by atoms with van der Waals surface area (Å²) in [6.45, 7) is 3.81. The summed E-state index contributed by atoms with van der Waals surface area (Å²) in [7, 11) is 0. The van der Waals surface area contributed by atoms with Crippen LogP contribution in [-0.2, 0) is 4.74 Å². The topological polar surface area (TPSA) is 21.8 Å². The molecule has 2 rings (SSSR count). The van der Waals surface area contributed by atoms with Gasteiger partial charge in [-0.15, -0.1) is 0 Å². The third-order valence-electron chi connectivity index (χ3n) is 5.75. The van der Waals surface area contributed by atoms with Gasteiger partial charge < -0.3 is 9.47 Å². The van der Waals surface area contributed by atoms with E-state index in [1.807, 2.05) is 0 Å². The summed E-state index contributed by atoms with van der Waals surface area (Å²) < 4.78 is 10.8. The average molecular weight is 401 g/mol. The van der Waals surface area contributed by atoms with Crippen molar-refractivity contribution in [2.45, 2.75) is 109 Å². The van der Waals surface area contributed by atoms with E-state index < -0.39 is 0 Å². The van der Waals surface area contributed by atoms with Crippen molar-refractivity contribution in [1.29, 1.82) is 0 Å². The Morgan fingerprint density at radius 3 is 1.83 bits per heavy atom. The van der Waals surface area contributed by atoms with Gasteiger partial charge in [-0.05, 0) is 30.5 Å². The number of unbranched alkanes of at least 4 members (excludes halogenated alkanes) is 14. The molecule has 1 unspecified atom stereocenters. The summed E-state index contributed by atoms with van der Waals surface area (Å²) in [4.78, 5) is 0. The molecule has 0 bridgehead atoms. The van der Waals surface area contributed by atoms with Crippen molar-refractivity contribution >= 4 is 6.08 Å². The Kier molecular flexibility index (Phi) is 13.7. The van der Waals surface area contributed by atoms with Crippen LogP contribution < -0.4 is 4.74 Å². The Labute approximate surface area is 180 Å². The fourth-order valence-electron chi connectivity index (χ4n) is 3.70. The van der Waals surface area contributed by atoms with Gasteiger partial charge in [0.1, 0.15) is 18.5 Å². The van der Waals surface area contributed by atoms with Crippen molar-refractivity contribution in [3.63, 3.8) is 0 Å². The lowest BCUT2D eigenvalue weighted by Gasteiger charge is -2.04. The molecule has 29 heavy (non-hydrogen) atoms. The number of hydrogen-bond donors (Lipinski definition) is 0. The zero-order valence-corrected chi connectivity index (χ0v) is 18.9. The number of hydrogen-bond acceptors (Lipinski definition) is 2. The lowest BCUT2D eigenvalue weighted by atomic mass is 10.0. The van der Waals surface area contributed by atoms with Crippen LogP contribution in [0.1, 0.15) is 109 Å². The normalized spacial score (nSPS) is 15.8. The molecule has 2 nitrogen and oxygen atoms in total. The van der Waals surface area contributed by atoms with Gasteiger partial charge in [-0.2, -0.15) is 0 Å². The number of benzene rings is 1. The summed E-state index contributed by atoms with van der Waals surface area (Å²) in [5.74, 6) is 0.935. The Morgan fingerprint density at radius 1 is 0.793 bits per heavy atom. The molecule has 164 valence electrons. The van der Waals surface area contributed by atoms with Crippen molar-refractivity contribution in [2.75, 3.05) is 13.2 Å². The van der Waals surface area contributed by atoms with Crippen molar-refractivity contribution in [2.24, 2.45) is 0 Å².